The van der Waals surface area contributed by atoms with E-state index in [0.717, 1.165) is 318 Å². The van der Waals surface area contributed by atoms with Crippen molar-refractivity contribution in [3.8, 4) is 55.6 Å². The summed E-state index contributed by atoms with van der Waals surface area (Å²) in [6.07, 6.45) is 49.8. The summed E-state index contributed by atoms with van der Waals surface area (Å²) in [6.45, 7) is 21.5. The predicted octanol–water partition coefficient (Wildman–Crippen LogP) is 16.3. The van der Waals surface area contributed by atoms with Crippen LogP contribution in [0.3, 0.4) is 0 Å². The van der Waals surface area contributed by atoms with Crippen LogP contribution in [0.5, 0.6) is 0 Å². The molecule has 6 aliphatic heterocycles. The molecule has 21 heterocycles. The normalized spacial score (nSPS) is 19.7. The molecule has 8 fully saturated rings. The Labute approximate surface area is 859 Å². The average Bonchev–Trinajstić information content (AvgIpc) is 1.68. The quantitative estimate of drug-likeness (QED) is 0.0301. The Morgan fingerprint density at radius 2 is 0.612 bits per heavy atom. The van der Waals surface area contributed by atoms with Gasteiger partial charge in [-0.15, -0.1) is 0 Å². The monoisotopic (exact) mass is 2270 g/mol. The summed E-state index contributed by atoms with van der Waals surface area (Å²) in [6, 6.07) is 0.999. The van der Waals surface area contributed by atoms with Crippen LogP contribution in [0, 0.1) is 0 Å². The maximum atomic E-state index is 5.47. The van der Waals surface area contributed by atoms with Crippen LogP contribution >= 0.6 is 95.6 Å². The molecule has 738 valence electrons. The Hall–Kier alpha value is -9.25. The molecule has 8 aliphatic rings. The topological polar surface area (TPSA) is 373 Å². The van der Waals surface area contributed by atoms with Crippen LogP contribution in [0.2, 0.25) is 0 Å². The zero-order valence-electron chi connectivity index (χ0n) is 80.1. The summed E-state index contributed by atoms with van der Waals surface area (Å²) >= 11 is 22.8. The van der Waals surface area contributed by atoms with Crippen molar-refractivity contribution in [2.75, 3.05) is 145 Å². The number of aromatic nitrogens is 25. The Bertz CT molecular complexity index is 6680. The van der Waals surface area contributed by atoms with Gasteiger partial charge in [0.2, 0.25) is 0 Å². The third kappa shape index (κ3) is 21.8. The second-order valence-electron chi connectivity index (χ2n) is 37.6. The molecule has 15 aromatic rings. The number of hydrogen-bond donors (Lipinski definition) is 10. The van der Waals surface area contributed by atoms with Gasteiger partial charge in [-0.2, -0.15) is 73.6 Å². The van der Waals surface area contributed by atoms with Crippen molar-refractivity contribution < 1.29 is 4.74 Å². The fourth-order valence-corrected chi connectivity index (χ4v) is 24.4. The van der Waals surface area contributed by atoms with Crippen molar-refractivity contribution in [2.45, 2.75) is 178 Å². The van der Waals surface area contributed by atoms with Gasteiger partial charge in [0.1, 0.15) is 33.7 Å². The van der Waals surface area contributed by atoms with E-state index in [1.807, 2.05) is 159 Å². The van der Waals surface area contributed by atoms with E-state index < -0.39 is 0 Å². The predicted molar refractivity (Wildman–Crippen MR) is 567 cm³/mol. The number of anilines is 5. The van der Waals surface area contributed by atoms with E-state index >= 15 is 0 Å². The molecule has 15 aromatic heterocycles. The van der Waals surface area contributed by atoms with Crippen LogP contribution in [0.15, 0.2) is 114 Å². The van der Waals surface area contributed by atoms with Gasteiger partial charge >= 0.3 is 0 Å². The molecule has 6 saturated heterocycles. The highest BCUT2D eigenvalue weighted by Crippen LogP contribution is 2.45. The summed E-state index contributed by atoms with van der Waals surface area (Å²) in [7, 11) is 9.63. The number of nitrogens with one attached hydrogen (secondary N) is 10. The summed E-state index contributed by atoms with van der Waals surface area (Å²) < 4.78 is 30.2. The lowest BCUT2D eigenvalue weighted by Gasteiger charge is -2.27. The first-order valence-electron chi connectivity index (χ1n) is 49.5. The molecule has 0 aromatic carbocycles. The van der Waals surface area contributed by atoms with Gasteiger partial charge in [0.05, 0.1) is 132 Å². The van der Waals surface area contributed by atoms with Gasteiger partial charge in [0.25, 0.3) is 0 Å². The van der Waals surface area contributed by atoms with Crippen LogP contribution in [-0.2, 0) is 40.0 Å². The standard InChI is InChI=1S/C21H29BrN8O.C21H28BrN7.C20H26BrN7.C17H21Br2N7.C17H22BrN7/c1-28-14-16(12-25-28)17-13-26-30-20(17)27-19(15-3-2-4-23-11-15)18(22)21(30)24-5-6-29-7-9-31-10-8-29;1-28-13-15(11-24-28)17-12-25-29-20(17)27-19(14-6-5-9-23-10-14)18(22)21(29)26-16-7-3-2-4-8-16;1-27-12-14(10-23-27)16-11-24-28-19(16)26-18(13-5-4-8-22-9-13)17(21)20(28)25-15-6-2-3-7-15;1-3-21-17-13(18)14(10-5-4-6-20-7-10)24-16-12(9-23-26(16)17)11-8-22-25(2)15(11)19;1-3-20-17-14(18)15(11-5-4-6-19-7-11)23-16-13(9-22-25(16)17)12-8-21-24(2)10-12/h12-15,23-24H,2-11H2,1H3;11-14,16,23,26H,2-10H2,1H3;10-13,15,22,25H,2-9H2,1H3;8-10,20-21H,3-7H2,1-2H3;8-11,19-20H,3-7H2,1-2H3. The zero-order chi connectivity index (χ0) is 95.7. The number of hydrogen-bond acceptors (Lipinski definition) is 27. The summed E-state index contributed by atoms with van der Waals surface area (Å²) in [5.41, 5.74) is 20.1. The van der Waals surface area contributed by atoms with Gasteiger partial charge < -0.3 is 57.9 Å². The number of halogens is 6. The van der Waals surface area contributed by atoms with Gasteiger partial charge in [-0.05, 0) is 232 Å². The Kier molecular flexibility index (Phi) is 32.3. The first kappa shape index (κ1) is 98.5. The summed E-state index contributed by atoms with van der Waals surface area (Å²) in [5.74, 6) is 6.94. The minimum absolute atomic E-state index is 0.379. The van der Waals surface area contributed by atoms with E-state index in [1.54, 1.807) is 9.36 Å². The molecule has 43 heteroatoms. The lowest BCUT2D eigenvalue weighted by molar-refractivity contribution is 0.0398. The van der Waals surface area contributed by atoms with Crippen LogP contribution < -0.4 is 53.2 Å². The van der Waals surface area contributed by atoms with Crippen molar-refractivity contribution in [2.24, 2.45) is 35.2 Å². The second kappa shape index (κ2) is 45.6. The summed E-state index contributed by atoms with van der Waals surface area (Å²) in [4.78, 5) is 27.9. The first-order chi connectivity index (χ1) is 67.9. The van der Waals surface area contributed by atoms with Crippen LogP contribution in [0.1, 0.15) is 194 Å². The molecule has 0 spiro atoms. The Balaban J connectivity index is 0.000000111. The zero-order valence-corrected chi connectivity index (χ0v) is 89.6. The molecule has 23 rings (SSSR count). The Morgan fingerprint density at radius 1 is 0.324 bits per heavy atom. The fraction of sp³-hybridized carbons (Fsp3) is 0.531. The highest BCUT2D eigenvalue weighted by atomic mass is 79.9. The maximum Gasteiger partial charge on any atom is 0.165 e. The molecule has 0 radical (unpaired) electrons. The van der Waals surface area contributed by atoms with E-state index in [4.69, 9.17) is 45.0 Å². The average molecular weight is 2280 g/mol. The number of nitrogens with zero attached hydrogens (tertiary/aromatic N) is 26. The third-order valence-corrected chi connectivity index (χ3v) is 32.7. The minimum Gasteiger partial charge on any atom is -0.379 e. The molecule has 139 heavy (non-hydrogen) atoms. The van der Waals surface area contributed by atoms with Crippen LogP contribution in [0.4, 0.5) is 29.1 Å². The number of morpholine rings is 1. The van der Waals surface area contributed by atoms with Crippen molar-refractivity contribution in [3.63, 3.8) is 0 Å². The van der Waals surface area contributed by atoms with E-state index in [-0.39, 0.29) is 0 Å². The lowest BCUT2D eigenvalue weighted by atomic mass is 9.94. The summed E-state index contributed by atoms with van der Waals surface area (Å²) in [5, 5.41) is 80.6. The molecule has 2 saturated carbocycles. The number of rotatable bonds is 22. The smallest absolute Gasteiger partial charge is 0.165 e. The SMILES string of the molecule is CCNc1c(Br)c(C2CCCNC2)nc2c(-c3cnn(C)c3)cnn12.CCNc1c(Br)c(C2CCCNC2)nc2c(-c3cnn(C)c3Br)cnn12.Cn1cc(-c2cnn3c(NC4CCCC4)c(Br)c(C4CCCNC4)nc23)cn1.Cn1cc(-c2cnn3c(NC4CCCCC4)c(Br)c(C4CCCNC4)nc23)cn1.Cn1cc(-c2cnn3c(NCCN4CCOCC4)c(Br)c(C4CCCNC4)nc23)cn1. The van der Waals surface area contributed by atoms with Crippen LogP contribution in [0.25, 0.3) is 83.9 Å². The molecular weight excluding hydrogens is 2150 g/mol. The molecule has 10 N–H and O–H groups in total. The van der Waals surface area contributed by atoms with Crippen molar-refractivity contribution in [1.82, 2.24) is 153 Å². The number of fused-ring (bicyclic) bond motifs is 5. The number of aryl methyl sites for hydroxylation is 5. The molecule has 2 aliphatic carbocycles. The van der Waals surface area contributed by atoms with E-state index in [2.05, 4.69) is 203 Å². The van der Waals surface area contributed by atoms with Crippen LogP contribution in [-0.4, -0.2) is 257 Å². The van der Waals surface area contributed by atoms with E-state index in [1.165, 1.54) is 89.9 Å². The fourth-order valence-electron chi connectivity index (χ4n) is 20.5. The van der Waals surface area contributed by atoms with Gasteiger partial charge in [-0.25, -0.2) is 24.9 Å². The van der Waals surface area contributed by atoms with Gasteiger partial charge in [0, 0.05) is 224 Å². The van der Waals surface area contributed by atoms with Gasteiger partial charge in [-0.3, -0.25) is 28.3 Å². The van der Waals surface area contributed by atoms with Gasteiger partial charge in [0.15, 0.2) is 28.2 Å². The number of ether oxygens (including phenoxy) is 1. The van der Waals surface area contributed by atoms with E-state index in [9.17, 15) is 0 Å². The molecule has 5 atom stereocenters. The van der Waals surface area contributed by atoms with E-state index in [0.29, 0.717) is 41.7 Å². The highest BCUT2D eigenvalue weighted by Gasteiger charge is 2.34. The van der Waals surface area contributed by atoms with Crippen molar-refractivity contribution in [3.05, 3.63) is 142 Å². The van der Waals surface area contributed by atoms with Crippen molar-refractivity contribution >= 4 is 153 Å². The third-order valence-electron chi connectivity index (χ3n) is 27.9. The highest BCUT2D eigenvalue weighted by molar-refractivity contribution is 9.11. The molecule has 5 unspecified atom stereocenters. The minimum atomic E-state index is 0.379. The first-order valence-corrected chi connectivity index (χ1v) is 54.3. The van der Waals surface area contributed by atoms with Gasteiger partial charge in [-0.1, -0.05) is 32.1 Å². The molecule has 0 bridgehead atoms. The number of piperidine rings is 5. The maximum absolute atomic E-state index is 5.47. The molecule has 37 nitrogen and oxygen atoms in total. The van der Waals surface area contributed by atoms with Crippen molar-refractivity contribution in [1.29, 1.82) is 0 Å². The Morgan fingerprint density at radius 3 is 0.899 bits per heavy atom. The lowest BCUT2D eigenvalue weighted by Crippen LogP contribution is -2.39. The second-order valence-corrected chi connectivity index (χ2v) is 42.3. The largest absolute Gasteiger partial charge is 0.379 e. The molecular formula is C96H126Br6N36O. The molecule has 0 amide bonds.